The second kappa shape index (κ2) is 8.85. The number of hydrogen-bond donors (Lipinski definition) is 2. The van der Waals surface area contributed by atoms with E-state index in [2.05, 4.69) is 10.6 Å². The van der Waals surface area contributed by atoms with Crippen LogP contribution >= 0.6 is 0 Å². The number of rotatable bonds is 6. The smallest absolute Gasteiger partial charge is 0.326 e. The van der Waals surface area contributed by atoms with Crippen molar-refractivity contribution in [1.29, 1.82) is 0 Å². The van der Waals surface area contributed by atoms with E-state index in [1.807, 2.05) is 0 Å². The highest BCUT2D eigenvalue weighted by molar-refractivity contribution is 6.07. The minimum absolute atomic E-state index is 0.298. The van der Waals surface area contributed by atoms with E-state index < -0.39 is 25.0 Å². The topological polar surface area (TPSA) is 122 Å². The lowest BCUT2D eigenvalue weighted by atomic mass is 9.81. The number of carbonyl (C=O) groups is 5. The molecule has 2 atom stereocenters. The van der Waals surface area contributed by atoms with E-state index in [9.17, 15) is 24.0 Å². The van der Waals surface area contributed by atoms with Gasteiger partial charge in [-0.15, -0.1) is 0 Å². The van der Waals surface area contributed by atoms with E-state index in [1.54, 1.807) is 18.2 Å². The van der Waals surface area contributed by atoms with E-state index in [-0.39, 0.29) is 29.6 Å². The second-order valence-corrected chi connectivity index (χ2v) is 7.13. The Bertz CT molecular complexity index is 828. The third-order valence-electron chi connectivity index (χ3n) is 5.22. The SMILES string of the molecule is CNC(=O)c1cccc(NC(=O)COC(=O)CN2C(=O)[C@H]3CCCC[C@H]3C2=O)c1. The molecule has 0 bridgehead atoms. The number of carbonyl (C=O) groups excluding carboxylic acids is 5. The first-order valence-electron chi connectivity index (χ1n) is 9.53. The summed E-state index contributed by atoms with van der Waals surface area (Å²) in [6.07, 6.45) is 3.14. The lowest BCUT2D eigenvalue weighted by Gasteiger charge is -2.19. The number of hydrogen-bond acceptors (Lipinski definition) is 6. The van der Waals surface area contributed by atoms with Crippen LogP contribution in [0.2, 0.25) is 0 Å². The third kappa shape index (κ3) is 4.61. The van der Waals surface area contributed by atoms with Crippen LogP contribution in [0.1, 0.15) is 36.0 Å². The molecule has 9 nitrogen and oxygen atoms in total. The summed E-state index contributed by atoms with van der Waals surface area (Å²) in [7, 11) is 1.50. The minimum Gasteiger partial charge on any atom is -0.454 e. The average Bonchev–Trinajstić information content (AvgIpc) is 2.97. The molecule has 0 radical (unpaired) electrons. The van der Waals surface area contributed by atoms with E-state index in [0.717, 1.165) is 17.7 Å². The van der Waals surface area contributed by atoms with E-state index >= 15 is 0 Å². The number of anilines is 1. The Balaban J connectivity index is 1.49. The molecule has 3 rings (SSSR count). The predicted molar refractivity (Wildman–Crippen MR) is 102 cm³/mol. The van der Waals surface area contributed by atoms with Gasteiger partial charge in [-0.3, -0.25) is 28.9 Å². The van der Waals surface area contributed by atoms with Crippen molar-refractivity contribution in [2.24, 2.45) is 11.8 Å². The van der Waals surface area contributed by atoms with Crippen LogP contribution in [0.25, 0.3) is 0 Å². The van der Waals surface area contributed by atoms with Crippen LogP contribution in [0.4, 0.5) is 5.69 Å². The van der Waals surface area contributed by atoms with E-state index in [0.29, 0.717) is 24.1 Å². The highest BCUT2D eigenvalue weighted by Gasteiger charge is 2.48. The fourth-order valence-corrected chi connectivity index (χ4v) is 3.79. The second-order valence-electron chi connectivity index (χ2n) is 7.13. The Morgan fingerprint density at radius 2 is 1.76 bits per heavy atom. The number of ether oxygens (including phenoxy) is 1. The van der Waals surface area contributed by atoms with E-state index in [1.165, 1.54) is 13.1 Å². The Kier molecular flexibility index (Phi) is 6.26. The van der Waals surface area contributed by atoms with Crippen LogP contribution in [0.3, 0.4) is 0 Å². The average molecular weight is 401 g/mol. The molecule has 2 N–H and O–H groups in total. The minimum atomic E-state index is -0.820. The van der Waals surface area contributed by atoms with Gasteiger partial charge < -0.3 is 15.4 Å². The molecule has 0 unspecified atom stereocenters. The number of amides is 4. The summed E-state index contributed by atoms with van der Waals surface area (Å²) in [5.41, 5.74) is 0.746. The summed E-state index contributed by atoms with van der Waals surface area (Å²) in [6.45, 7) is -1.05. The molecule has 0 aromatic heterocycles. The van der Waals surface area contributed by atoms with Gasteiger partial charge in [-0.25, -0.2) is 0 Å². The maximum Gasteiger partial charge on any atom is 0.326 e. The summed E-state index contributed by atoms with van der Waals surface area (Å²) in [5, 5.41) is 5.01. The van der Waals surface area contributed by atoms with Gasteiger partial charge in [-0.2, -0.15) is 0 Å². The van der Waals surface area contributed by atoms with Crippen molar-refractivity contribution in [2.75, 3.05) is 25.5 Å². The van der Waals surface area contributed by atoms with Gasteiger partial charge in [0.1, 0.15) is 6.54 Å². The Labute approximate surface area is 167 Å². The molecule has 1 saturated carbocycles. The maximum absolute atomic E-state index is 12.4. The molecule has 2 aliphatic rings. The fraction of sp³-hybridized carbons (Fsp3) is 0.450. The molecule has 1 aromatic rings. The van der Waals surface area contributed by atoms with Gasteiger partial charge >= 0.3 is 5.97 Å². The molecule has 1 aromatic carbocycles. The van der Waals surface area contributed by atoms with Crippen LogP contribution in [0.5, 0.6) is 0 Å². The first-order chi connectivity index (χ1) is 13.9. The van der Waals surface area contributed by atoms with Crippen molar-refractivity contribution in [1.82, 2.24) is 10.2 Å². The molecule has 154 valence electrons. The number of imide groups is 1. The zero-order valence-electron chi connectivity index (χ0n) is 16.1. The summed E-state index contributed by atoms with van der Waals surface area (Å²) < 4.78 is 4.91. The van der Waals surface area contributed by atoms with Gasteiger partial charge in [0.05, 0.1) is 11.8 Å². The first kappa shape index (κ1) is 20.5. The summed E-state index contributed by atoms with van der Waals surface area (Å²) in [5.74, 6) is -3.04. The van der Waals surface area contributed by atoms with Crippen LogP contribution in [0, 0.1) is 11.8 Å². The van der Waals surface area contributed by atoms with Crippen LogP contribution < -0.4 is 10.6 Å². The number of likely N-dealkylation sites (tertiary alicyclic amines) is 1. The molecular formula is C20H23N3O6. The number of fused-ring (bicyclic) bond motifs is 1. The Morgan fingerprint density at radius 3 is 2.38 bits per heavy atom. The first-order valence-corrected chi connectivity index (χ1v) is 9.53. The molecule has 2 fully saturated rings. The molecule has 4 amide bonds. The van der Waals surface area contributed by atoms with Crippen LogP contribution in [-0.2, 0) is 23.9 Å². The molecule has 29 heavy (non-hydrogen) atoms. The van der Waals surface area contributed by atoms with Crippen molar-refractivity contribution in [3.8, 4) is 0 Å². The molecule has 1 saturated heterocycles. The van der Waals surface area contributed by atoms with Crippen molar-refractivity contribution in [3.05, 3.63) is 29.8 Å². The maximum atomic E-state index is 12.4. The largest absolute Gasteiger partial charge is 0.454 e. The molecular weight excluding hydrogens is 378 g/mol. The highest BCUT2D eigenvalue weighted by Crippen LogP contribution is 2.37. The molecule has 1 heterocycles. The lowest BCUT2D eigenvalue weighted by molar-refractivity contribution is -0.154. The van der Waals surface area contributed by atoms with Gasteiger partial charge in [0.15, 0.2) is 6.61 Å². The van der Waals surface area contributed by atoms with Crippen LogP contribution in [0.15, 0.2) is 24.3 Å². The van der Waals surface area contributed by atoms with Gasteiger partial charge in [0.25, 0.3) is 11.8 Å². The predicted octanol–water partition coefficient (Wildman–Crippen LogP) is 0.703. The fourth-order valence-electron chi connectivity index (χ4n) is 3.79. The monoisotopic (exact) mass is 401 g/mol. The zero-order valence-corrected chi connectivity index (χ0v) is 16.1. The van der Waals surface area contributed by atoms with Gasteiger partial charge in [0.2, 0.25) is 11.8 Å². The Hall–Kier alpha value is -3.23. The molecule has 1 aliphatic heterocycles. The van der Waals surface area contributed by atoms with Crippen molar-refractivity contribution < 1.29 is 28.7 Å². The van der Waals surface area contributed by atoms with Crippen LogP contribution in [-0.4, -0.2) is 54.7 Å². The van der Waals surface area contributed by atoms with Gasteiger partial charge in [0, 0.05) is 18.3 Å². The van der Waals surface area contributed by atoms with Gasteiger partial charge in [-0.1, -0.05) is 18.9 Å². The van der Waals surface area contributed by atoms with Crippen molar-refractivity contribution in [3.63, 3.8) is 0 Å². The number of nitrogens with one attached hydrogen (secondary N) is 2. The molecule has 9 heteroatoms. The summed E-state index contributed by atoms with van der Waals surface area (Å²) in [4.78, 5) is 61.3. The number of esters is 1. The van der Waals surface area contributed by atoms with Crippen molar-refractivity contribution in [2.45, 2.75) is 25.7 Å². The standard InChI is InChI=1S/C20H23N3O6/c1-21-18(26)12-5-4-6-13(9-12)22-16(24)11-29-17(25)10-23-19(27)14-7-2-3-8-15(14)20(23)28/h4-6,9,14-15H,2-3,7-8,10-11H2,1H3,(H,21,26)(H,22,24)/t14-,15+. The van der Waals surface area contributed by atoms with Gasteiger partial charge in [-0.05, 0) is 31.0 Å². The third-order valence-corrected chi connectivity index (χ3v) is 5.22. The highest BCUT2D eigenvalue weighted by atomic mass is 16.5. The number of benzene rings is 1. The zero-order chi connectivity index (χ0) is 21.0. The summed E-state index contributed by atoms with van der Waals surface area (Å²) in [6, 6.07) is 6.28. The molecule has 1 aliphatic carbocycles. The van der Waals surface area contributed by atoms with E-state index in [4.69, 9.17) is 4.74 Å². The quantitative estimate of drug-likeness (QED) is 0.535. The lowest BCUT2D eigenvalue weighted by Crippen LogP contribution is -2.37. The van der Waals surface area contributed by atoms with Crippen molar-refractivity contribution >= 4 is 35.3 Å². The molecule has 0 spiro atoms. The Morgan fingerprint density at radius 1 is 1.10 bits per heavy atom. The normalized spacial score (nSPS) is 20.8. The summed E-state index contributed by atoms with van der Waals surface area (Å²) >= 11 is 0. The number of nitrogens with zero attached hydrogens (tertiary/aromatic N) is 1.